The van der Waals surface area contributed by atoms with Crippen LogP contribution in [0.5, 0.6) is 0 Å². The van der Waals surface area contributed by atoms with Crippen LogP contribution in [-0.2, 0) is 17.8 Å². The predicted molar refractivity (Wildman–Crippen MR) is 94.0 cm³/mol. The van der Waals surface area contributed by atoms with Gasteiger partial charge >= 0.3 is 0 Å². The van der Waals surface area contributed by atoms with Crippen molar-refractivity contribution in [2.24, 2.45) is 0 Å². The van der Waals surface area contributed by atoms with Crippen LogP contribution in [0.4, 0.5) is 5.69 Å². The van der Waals surface area contributed by atoms with Crippen LogP contribution in [0.2, 0.25) is 5.02 Å². The normalized spacial score (nSPS) is 16.7. The molecule has 3 nitrogen and oxygen atoms in total. The molecule has 2 aromatic carbocycles. The fraction of sp³-hybridized carbons (Fsp3) is 0.316. The summed E-state index contributed by atoms with van der Waals surface area (Å²) in [6, 6.07) is 14.2. The van der Waals surface area contributed by atoms with Crippen molar-refractivity contribution < 1.29 is 9.69 Å². The number of quaternary nitrogens is 1. The highest BCUT2D eigenvalue weighted by Gasteiger charge is 2.19. The van der Waals surface area contributed by atoms with Gasteiger partial charge in [-0.3, -0.25) is 4.79 Å². The topological polar surface area (TPSA) is 33.5 Å². The van der Waals surface area contributed by atoms with Crippen molar-refractivity contribution in [2.45, 2.75) is 26.3 Å². The van der Waals surface area contributed by atoms with E-state index in [1.54, 1.807) is 0 Å². The van der Waals surface area contributed by atoms with Crippen molar-refractivity contribution >= 4 is 23.2 Å². The molecule has 3 rings (SSSR count). The number of benzene rings is 2. The number of nitrogens with one attached hydrogen (secondary N) is 2. The summed E-state index contributed by atoms with van der Waals surface area (Å²) in [6.45, 7) is 4.89. The Morgan fingerprint density at radius 1 is 1.17 bits per heavy atom. The standard InChI is InChI=1S/C19H21ClN2O/c1-14-17(20)7-4-8-18(14)21-19(23)10-12-22-11-9-15-5-2-3-6-16(15)13-22/h2-8H,9-13H2,1H3,(H,21,23)/p+1. The molecule has 1 aliphatic rings. The highest BCUT2D eigenvalue weighted by molar-refractivity contribution is 6.31. The van der Waals surface area contributed by atoms with Crippen LogP contribution in [0.15, 0.2) is 42.5 Å². The Morgan fingerprint density at radius 2 is 1.96 bits per heavy atom. The first-order valence-corrected chi connectivity index (χ1v) is 8.46. The number of amides is 1. The van der Waals surface area contributed by atoms with E-state index < -0.39 is 0 Å². The van der Waals surface area contributed by atoms with Crippen LogP contribution < -0.4 is 10.2 Å². The minimum atomic E-state index is 0.0572. The Labute approximate surface area is 142 Å². The number of halogens is 1. The zero-order valence-electron chi connectivity index (χ0n) is 13.4. The Hall–Kier alpha value is -1.84. The lowest BCUT2D eigenvalue weighted by Gasteiger charge is -2.25. The van der Waals surface area contributed by atoms with Gasteiger partial charge in [-0.25, -0.2) is 0 Å². The van der Waals surface area contributed by atoms with E-state index in [2.05, 4.69) is 29.6 Å². The molecular weight excluding hydrogens is 308 g/mol. The third-order valence-corrected chi connectivity index (χ3v) is 4.96. The Bertz CT molecular complexity index is 714. The Morgan fingerprint density at radius 3 is 2.78 bits per heavy atom. The number of carbonyl (C=O) groups is 1. The van der Waals surface area contributed by atoms with Crippen molar-refractivity contribution in [3.05, 3.63) is 64.2 Å². The summed E-state index contributed by atoms with van der Waals surface area (Å²) in [5.41, 5.74) is 4.60. The number of fused-ring (bicyclic) bond motifs is 1. The van der Waals surface area contributed by atoms with E-state index in [4.69, 9.17) is 11.6 Å². The summed E-state index contributed by atoms with van der Waals surface area (Å²) in [4.78, 5) is 13.7. The Kier molecular flexibility index (Phi) is 4.99. The van der Waals surface area contributed by atoms with Gasteiger partial charge in [0.25, 0.3) is 0 Å². The molecule has 2 N–H and O–H groups in total. The molecule has 23 heavy (non-hydrogen) atoms. The molecule has 120 valence electrons. The molecule has 0 spiro atoms. The lowest BCUT2D eigenvalue weighted by atomic mass is 10.00. The minimum absolute atomic E-state index is 0.0572. The van der Waals surface area contributed by atoms with Crippen molar-refractivity contribution in [3.8, 4) is 0 Å². The zero-order valence-corrected chi connectivity index (χ0v) is 14.1. The smallest absolute Gasteiger partial charge is 0.230 e. The molecule has 1 aliphatic heterocycles. The first-order valence-electron chi connectivity index (χ1n) is 8.09. The average molecular weight is 330 g/mol. The summed E-state index contributed by atoms with van der Waals surface area (Å²) in [5, 5.41) is 3.65. The van der Waals surface area contributed by atoms with Gasteiger partial charge in [-0.1, -0.05) is 41.9 Å². The first-order chi connectivity index (χ1) is 11.1. The van der Waals surface area contributed by atoms with Gasteiger partial charge in [-0.05, 0) is 30.2 Å². The van der Waals surface area contributed by atoms with Crippen LogP contribution in [0.3, 0.4) is 0 Å². The molecule has 0 saturated heterocycles. The number of hydrogen-bond acceptors (Lipinski definition) is 1. The van der Waals surface area contributed by atoms with Gasteiger partial charge in [0.2, 0.25) is 5.91 Å². The summed E-state index contributed by atoms with van der Waals surface area (Å²) in [5.74, 6) is 0.0572. The van der Waals surface area contributed by atoms with Crippen LogP contribution in [0, 0.1) is 6.92 Å². The van der Waals surface area contributed by atoms with E-state index in [-0.39, 0.29) is 5.91 Å². The maximum Gasteiger partial charge on any atom is 0.230 e. The maximum atomic E-state index is 12.2. The molecule has 1 heterocycles. The van der Waals surface area contributed by atoms with E-state index in [1.165, 1.54) is 16.0 Å². The zero-order chi connectivity index (χ0) is 16.2. The summed E-state index contributed by atoms with van der Waals surface area (Å²) >= 11 is 6.09. The second-order valence-electron chi connectivity index (χ2n) is 6.16. The highest BCUT2D eigenvalue weighted by atomic mass is 35.5. The Balaban J connectivity index is 1.53. The second kappa shape index (κ2) is 7.16. The van der Waals surface area contributed by atoms with Gasteiger partial charge in [-0.2, -0.15) is 0 Å². The van der Waals surface area contributed by atoms with Crippen molar-refractivity contribution in [1.82, 2.24) is 0 Å². The van der Waals surface area contributed by atoms with Crippen LogP contribution in [-0.4, -0.2) is 19.0 Å². The fourth-order valence-corrected chi connectivity index (χ4v) is 3.28. The van der Waals surface area contributed by atoms with Crippen LogP contribution in [0.25, 0.3) is 0 Å². The van der Waals surface area contributed by atoms with Gasteiger partial charge < -0.3 is 10.2 Å². The maximum absolute atomic E-state index is 12.2. The third kappa shape index (κ3) is 3.92. The fourth-order valence-electron chi connectivity index (χ4n) is 3.10. The largest absolute Gasteiger partial charge is 0.330 e. The number of anilines is 1. The van der Waals surface area contributed by atoms with E-state index in [1.807, 2.05) is 25.1 Å². The quantitative estimate of drug-likeness (QED) is 0.888. The van der Waals surface area contributed by atoms with Crippen molar-refractivity contribution in [1.29, 1.82) is 0 Å². The molecule has 0 bridgehead atoms. The molecule has 4 heteroatoms. The lowest BCUT2D eigenvalue weighted by Crippen LogP contribution is -3.11. The average Bonchev–Trinajstić information content (AvgIpc) is 2.57. The van der Waals surface area contributed by atoms with Crippen LogP contribution >= 0.6 is 11.6 Å². The van der Waals surface area contributed by atoms with E-state index >= 15 is 0 Å². The van der Waals surface area contributed by atoms with Gasteiger partial charge in [0.1, 0.15) is 6.54 Å². The number of rotatable bonds is 4. The van der Waals surface area contributed by atoms with Crippen molar-refractivity contribution in [2.75, 3.05) is 18.4 Å². The predicted octanol–water partition coefficient (Wildman–Crippen LogP) is 2.62. The molecule has 2 aromatic rings. The molecule has 0 fully saturated rings. The first kappa shape index (κ1) is 16.0. The molecule has 1 amide bonds. The third-order valence-electron chi connectivity index (χ3n) is 4.55. The molecule has 0 saturated carbocycles. The molecule has 0 aromatic heterocycles. The number of carbonyl (C=O) groups excluding carboxylic acids is 1. The molecule has 1 atom stereocenters. The monoisotopic (exact) mass is 329 g/mol. The van der Waals surface area contributed by atoms with Gasteiger partial charge in [-0.15, -0.1) is 0 Å². The molecule has 1 unspecified atom stereocenters. The summed E-state index contributed by atoms with van der Waals surface area (Å²) in [6.07, 6.45) is 1.63. The minimum Gasteiger partial charge on any atom is -0.330 e. The highest BCUT2D eigenvalue weighted by Crippen LogP contribution is 2.22. The van der Waals surface area contributed by atoms with E-state index in [0.717, 1.165) is 37.3 Å². The summed E-state index contributed by atoms with van der Waals surface area (Å²) in [7, 11) is 0. The van der Waals surface area contributed by atoms with Crippen molar-refractivity contribution in [3.63, 3.8) is 0 Å². The van der Waals surface area contributed by atoms with Gasteiger partial charge in [0, 0.05) is 22.7 Å². The van der Waals surface area contributed by atoms with Crippen LogP contribution in [0.1, 0.15) is 23.1 Å². The molecule has 0 radical (unpaired) electrons. The second-order valence-corrected chi connectivity index (χ2v) is 6.56. The van der Waals surface area contributed by atoms with E-state index in [0.29, 0.717) is 11.4 Å². The SMILES string of the molecule is Cc1c(Cl)cccc1NC(=O)CC[NH+]1CCc2ccccc2C1. The van der Waals surface area contributed by atoms with E-state index in [9.17, 15) is 4.79 Å². The number of hydrogen-bond donors (Lipinski definition) is 2. The molecular formula is C19H22ClN2O+. The lowest BCUT2D eigenvalue weighted by molar-refractivity contribution is -0.915. The molecule has 0 aliphatic carbocycles. The van der Waals surface area contributed by atoms with Gasteiger partial charge in [0.05, 0.1) is 19.5 Å². The van der Waals surface area contributed by atoms with Gasteiger partial charge in [0.15, 0.2) is 0 Å². The summed E-state index contributed by atoms with van der Waals surface area (Å²) < 4.78 is 0.